The highest BCUT2D eigenvalue weighted by atomic mass is 127. The van der Waals surface area contributed by atoms with Crippen molar-refractivity contribution in [3.05, 3.63) is 42.0 Å². The number of phenolic OH excluding ortho intramolecular Hbond substituents is 1. The largest absolute Gasteiger partial charge is 0.508 e. The minimum absolute atomic E-state index is 0. The van der Waals surface area contributed by atoms with Crippen molar-refractivity contribution in [1.29, 1.82) is 0 Å². The molecule has 0 amide bonds. The molecule has 1 aliphatic rings. The number of ether oxygens (including phenoxy) is 3. The van der Waals surface area contributed by atoms with E-state index in [1.54, 1.807) is 40.5 Å². The number of aromatic hydroxyl groups is 1. The van der Waals surface area contributed by atoms with Crippen LogP contribution in [0.4, 0.5) is 5.69 Å². The van der Waals surface area contributed by atoms with Crippen molar-refractivity contribution in [2.24, 2.45) is 4.99 Å². The van der Waals surface area contributed by atoms with Crippen LogP contribution in [0.2, 0.25) is 0 Å². The number of rotatable bonds is 7. The molecule has 1 unspecified atom stereocenters. The van der Waals surface area contributed by atoms with Gasteiger partial charge in [0.2, 0.25) is 0 Å². The fourth-order valence-electron chi connectivity index (χ4n) is 3.48. The van der Waals surface area contributed by atoms with Crippen LogP contribution in [0.3, 0.4) is 0 Å². The lowest BCUT2D eigenvalue weighted by Gasteiger charge is -2.21. The number of hydrogen-bond donors (Lipinski definition) is 3. The maximum atomic E-state index is 10.1. The molecule has 1 aliphatic heterocycles. The molecule has 1 saturated heterocycles. The fourth-order valence-corrected chi connectivity index (χ4v) is 3.48. The van der Waals surface area contributed by atoms with Crippen LogP contribution >= 0.6 is 24.0 Å². The number of nitrogens with zero attached hydrogens (tertiary/aromatic N) is 2. The van der Waals surface area contributed by atoms with Crippen molar-refractivity contribution in [3.8, 4) is 23.0 Å². The van der Waals surface area contributed by atoms with Crippen LogP contribution in [0.5, 0.6) is 23.0 Å². The van der Waals surface area contributed by atoms with Gasteiger partial charge in [-0.1, -0.05) is 0 Å². The van der Waals surface area contributed by atoms with Gasteiger partial charge in [-0.15, -0.1) is 24.0 Å². The average molecular weight is 542 g/mol. The summed E-state index contributed by atoms with van der Waals surface area (Å²) in [5, 5.41) is 16.8. The van der Waals surface area contributed by atoms with Gasteiger partial charge in [0, 0.05) is 62.2 Å². The second-order valence-corrected chi connectivity index (χ2v) is 7.07. The highest BCUT2D eigenvalue weighted by Crippen LogP contribution is 2.30. The fraction of sp³-hybridized carbons (Fsp3) is 0.409. The molecule has 3 N–H and O–H groups in total. The van der Waals surface area contributed by atoms with E-state index in [1.807, 2.05) is 24.3 Å². The van der Waals surface area contributed by atoms with Crippen molar-refractivity contribution in [2.45, 2.75) is 19.0 Å². The van der Waals surface area contributed by atoms with Crippen LogP contribution in [-0.2, 0) is 6.54 Å². The van der Waals surface area contributed by atoms with E-state index in [1.165, 1.54) is 0 Å². The second-order valence-electron chi connectivity index (χ2n) is 7.07. The molecule has 0 spiro atoms. The van der Waals surface area contributed by atoms with Crippen LogP contribution in [0.25, 0.3) is 0 Å². The van der Waals surface area contributed by atoms with E-state index in [-0.39, 0.29) is 35.8 Å². The monoisotopic (exact) mass is 542 g/mol. The van der Waals surface area contributed by atoms with Crippen LogP contribution in [0.1, 0.15) is 12.0 Å². The van der Waals surface area contributed by atoms with Crippen molar-refractivity contribution < 1.29 is 19.3 Å². The first-order valence-electron chi connectivity index (χ1n) is 9.87. The van der Waals surface area contributed by atoms with E-state index in [0.29, 0.717) is 18.3 Å². The molecule has 31 heavy (non-hydrogen) atoms. The Morgan fingerprint density at radius 3 is 2.35 bits per heavy atom. The van der Waals surface area contributed by atoms with Gasteiger partial charge in [0.25, 0.3) is 0 Å². The molecule has 1 atom stereocenters. The zero-order valence-electron chi connectivity index (χ0n) is 18.3. The summed E-state index contributed by atoms with van der Waals surface area (Å²) >= 11 is 0. The third-order valence-electron chi connectivity index (χ3n) is 5.19. The first kappa shape index (κ1) is 24.7. The number of benzene rings is 2. The number of nitrogens with one attached hydrogen (secondary N) is 2. The van der Waals surface area contributed by atoms with Crippen LogP contribution in [0, 0.1) is 0 Å². The van der Waals surface area contributed by atoms with Gasteiger partial charge in [-0.05, 0) is 24.6 Å². The standard InChI is InChI=1S/C22H30N4O4.HI/c1-23-22(24-13-15-9-18(28-2)5-6-21(15)27)25-16-7-8-26(14-16)17-10-19(29-3)12-20(11-17)30-4;/h5-6,9-12,16,27H,7-8,13-14H2,1-4H3,(H2,23,24,25);1H. The summed E-state index contributed by atoms with van der Waals surface area (Å²) in [7, 11) is 6.65. The number of halogens is 1. The lowest BCUT2D eigenvalue weighted by molar-refractivity contribution is 0.394. The Morgan fingerprint density at radius 2 is 1.74 bits per heavy atom. The quantitative estimate of drug-likeness (QED) is 0.282. The molecular formula is C22H31IN4O4. The predicted octanol–water partition coefficient (Wildman–Crippen LogP) is 2.98. The van der Waals surface area contributed by atoms with E-state index in [4.69, 9.17) is 14.2 Å². The van der Waals surface area contributed by atoms with Gasteiger partial charge in [0.1, 0.15) is 23.0 Å². The van der Waals surface area contributed by atoms with Gasteiger partial charge in [-0.2, -0.15) is 0 Å². The zero-order valence-corrected chi connectivity index (χ0v) is 20.7. The molecule has 8 nitrogen and oxygen atoms in total. The SMILES string of the molecule is CN=C(NCc1cc(OC)ccc1O)NC1CCN(c2cc(OC)cc(OC)c2)C1.I. The number of anilines is 1. The number of phenols is 1. The smallest absolute Gasteiger partial charge is 0.191 e. The Hall–Kier alpha value is -2.56. The van der Waals surface area contributed by atoms with Crippen LogP contribution < -0.4 is 29.7 Å². The molecule has 3 rings (SSSR count). The molecule has 2 aromatic rings. The van der Waals surface area contributed by atoms with Crippen molar-refractivity contribution in [2.75, 3.05) is 46.4 Å². The topological polar surface area (TPSA) is 87.6 Å². The van der Waals surface area contributed by atoms with Crippen molar-refractivity contribution in [3.63, 3.8) is 0 Å². The van der Waals surface area contributed by atoms with Gasteiger partial charge in [0.05, 0.1) is 21.3 Å². The average Bonchev–Trinajstić information content (AvgIpc) is 3.25. The minimum Gasteiger partial charge on any atom is -0.508 e. The first-order valence-corrected chi connectivity index (χ1v) is 9.87. The highest BCUT2D eigenvalue weighted by molar-refractivity contribution is 14.0. The summed E-state index contributed by atoms with van der Waals surface area (Å²) in [6.07, 6.45) is 0.977. The number of aliphatic imine (C=N–C) groups is 1. The lowest BCUT2D eigenvalue weighted by atomic mass is 10.2. The van der Waals surface area contributed by atoms with Gasteiger partial charge in [-0.25, -0.2) is 0 Å². The third-order valence-corrected chi connectivity index (χ3v) is 5.19. The Kier molecular flexibility index (Phi) is 9.35. The summed E-state index contributed by atoms with van der Waals surface area (Å²) in [5.74, 6) is 3.16. The summed E-state index contributed by atoms with van der Waals surface area (Å²) < 4.78 is 16.0. The van der Waals surface area contributed by atoms with Gasteiger partial charge in [-0.3, -0.25) is 4.99 Å². The molecule has 2 aromatic carbocycles. The van der Waals surface area contributed by atoms with Gasteiger partial charge >= 0.3 is 0 Å². The van der Waals surface area contributed by atoms with Gasteiger partial charge < -0.3 is 34.9 Å². The Morgan fingerprint density at radius 1 is 1.06 bits per heavy atom. The Bertz CT molecular complexity index is 872. The molecular weight excluding hydrogens is 511 g/mol. The summed E-state index contributed by atoms with van der Waals surface area (Å²) in [4.78, 5) is 6.61. The summed E-state index contributed by atoms with van der Waals surface area (Å²) in [6.45, 7) is 2.19. The Labute approximate surface area is 200 Å². The number of guanidine groups is 1. The molecule has 0 radical (unpaired) electrons. The zero-order chi connectivity index (χ0) is 21.5. The molecule has 0 bridgehead atoms. The van der Waals surface area contributed by atoms with E-state index in [9.17, 15) is 5.11 Å². The molecule has 9 heteroatoms. The number of hydrogen-bond acceptors (Lipinski definition) is 6. The van der Waals surface area contributed by atoms with E-state index < -0.39 is 0 Å². The van der Waals surface area contributed by atoms with Crippen molar-refractivity contribution in [1.82, 2.24) is 10.6 Å². The second kappa shape index (κ2) is 11.7. The molecule has 1 heterocycles. The maximum Gasteiger partial charge on any atom is 0.191 e. The lowest BCUT2D eigenvalue weighted by Crippen LogP contribution is -2.44. The maximum absolute atomic E-state index is 10.1. The summed E-state index contributed by atoms with van der Waals surface area (Å²) in [5.41, 5.74) is 1.81. The molecule has 0 aliphatic carbocycles. The van der Waals surface area contributed by atoms with Crippen LogP contribution in [-0.4, -0.2) is 58.6 Å². The van der Waals surface area contributed by atoms with E-state index in [2.05, 4.69) is 20.5 Å². The van der Waals surface area contributed by atoms with Crippen LogP contribution in [0.15, 0.2) is 41.4 Å². The molecule has 170 valence electrons. The highest BCUT2D eigenvalue weighted by Gasteiger charge is 2.24. The van der Waals surface area contributed by atoms with E-state index >= 15 is 0 Å². The van der Waals surface area contributed by atoms with E-state index in [0.717, 1.165) is 42.3 Å². The third kappa shape index (κ3) is 6.46. The minimum atomic E-state index is 0. The normalized spacial score (nSPS) is 15.8. The van der Waals surface area contributed by atoms with Crippen molar-refractivity contribution >= 4 is 35.6 Å². The molecule has 1 fully saturated rings. The summed E-state index contributed by atoms with van der Waals surface area (Å²) in [6, 6.07) is 11.3. The molecule has 0 aromatic heterocycles. The predicted molar refractivity (Wildman–Crippen MR) is 134 cm³/mol. The number of methoxy groups -OCH3 is 3. The molecule has 0 saturated carbocycles. The van der Waals surface area contributed by atoms with Gasteiger partial charge in [0.15, 0.2) is 5.96 Å². The first-order chi connectivity index (χ1) is 14.6. The Balaban J connectivity index is 0.00000341.